The molecule has 0 aliphatic carbocycles. The summed E-state index contributed by atoms with van der Waals surface area (Å²) in [7, 11) is 1.55. The Balaban J connectivity index is 2.36. The molecule has 2 rings (SSSR count). The molecule has 0 aliphatic heterocycles. The molecule has 0 radical (unpaired) electrons. The van der Waals surface area contributed by atoms with Crippen LogP contribution in [-0.4, -0.2) is 25.6 Å². The number of carbonyl (C=O) groups excluding carboxylic acids is 2. The van der Waals surface area contributed by atoms with Crippen molar-refractivity contribution in [3.8, 4) is 5.75 Å². The molecular formula is C12H10ClNO4S. The van der Waals surface area contributed by atoms with Gasteiger partial charge in [0.15, 0.2) is 6.61 Å². The third-order valence-corrected chi connectivity index (χ3v) is 4.00. The van der Waals surface area contributed by atoms with Crippen molar-refractivity contribution in [1.82, 2.24) is 0 Å². The first kappa shape index (κ1) is 13.6. The maximum Gasteiger partial charge on any atom is 0.350 e. The number of esters is 1. The van der Waals surface area contributed by atoms with E-state index in [4.69, 9.17) is 26.8 Å². The summed E-state index contributed by atoms with van der Waals surface area (Å²) >= 11 is 7.29. The lowest BCUT2D eigenvalue weighted by molar-refractivity contribution is -0.121. The Labute approximate surface area is 117 Å². The number of primary amides is 1. The van der Waals surface area contributed by atoms with Crippen LogP contribution in [0.15, 0.2) is 18.2 Å². The second-order valence-corrected chi connectivity index (χ2v) is 5.08. The van der Waals surface area contributed by atoms with Crippen LogP contribution in [-0.2, 0) is 9.53 Å². The predicted octanol–water partition coefficient (Wildman–Crippen LogP) is 2.21. The van der Waals surface area contributed by atoms with E-state index in [0.717, 1.165) is 10.1 Å². The molecule has 1 aromatic carbocycles. The Kier molecular flexibility index (Phi) is 3.92. The number of amides is 1. The molecule has 19 heavy (non-hydrogen) atoms. The molecule has 1 amide bonds. The Morgan fingerprint density at radius 1 is 1.42 bits per heavy atom. The first-order chi connectivity index (χ1) is 9.02. The van der Waals surface area contributed by atoms with E-state index in [1.807, 2.05) is 0 Å². The number of methoxy groups -OCH3 is 1. The fourth-order valence-electron chi connectivity index (χ4n) is 1.51. The van der Waals surface area contributed by atoms with Crippen LogP contribution < -0.4 is 10.5 Å². The SMILES string of the molecule is COc1ccc2c(Cl)c(C(=O)OCC(N)=O)sc2c1. The summed E-state index contributed by atoms with van der Waals surface area (Å²) in [5, 5.41) is 1.04. The third kappa shape index (κ3) is 2.80. The smallest absolute Gasteiger partial charge is 0.350 e. The first-order valence-electron chi connectivity index (χ1n) is 5.24. The van der Waals surface area contributed by atoms with Gasteiger partial charge in [0.1, 0.15) is 10.6 Å². The number of benzene rings is 1. The van der Waals surface area contributed by atoms with Crippen LogP contribution in [0.3, 0.4) is 0 Å². The molecule has 2 N–H and O–H groups in total. The lowest BCUT2D eigenvalue weighted by Crippen LogP contribution is -2.20. The van der Waals surface area contributed by atoms with Gasteiger partial charge in [0.2, 0.25) is 0 Å². The highest BCUT2D eigenvalue weighted by atomic mass is 35.5. The Morgan fingerprint density at radius 3 is 2.79 bits per heavy atom. The van der Waals surface area contributed by atoms with Crippen molar-refractivity contribution < 1.29 is 19.1 Å². The van der Waals surface area contributed by atoms with Gasteiger partial charge in [-0.15, -0.1) is 11.3 Å². The maximum absolute atomic E-state index is 11.8. The van der Waals surface area contributed by atoms with Crippen molar-refractivity contribution in [2.75, 3.05) is 13.7 Å². The lowest BCUT2D eigenvalue weighted by atomic mass is 10.2. The predicted molar refractivity (Wildman–Crippen MR) is 72.9 cm³/mol. The monoisotopic (exact) mass is 299 g/mol. The standard InChI is InChI=1S/C12H10ClNO4S/c1-17-6-2-3-7-8(4-6)19-11(10(7)13)12(16)18-5-9(14)15/h2-4H,5H2,1H3,(H2,14,15). The normalized spacial score (nSPS) is 10.4. The van der Waals surface area contributed by atoms with Gasteiger partial charge in [0, 0.05) is 10.1 Å². The molecule has 0 unspecified atom stereocenters. The summed E-state index contributed by atoms with van der Waals surface area (Å²) in [6.07, 6.45) is 0. The number of thiophene rings is 1. The molecule has 0 saturated heterocycles. The molecule has 0 atom stereocenters. The molecule has 1 aromatic heterocycles. The average Bonchev–Trinajstić information content (AvgIpc) is 2.72. The van der Waals surface area contributed by atoms with Gasteiger partial charge in [0.25, 0.3) is 5.91 Å². The van der Waals surface area contributed by atoms with E-state index >= 15 is 0 Å². The van der Waals surface area contributed by atoms with Gasteiger partial charge in [-0.05, 0) is 18.2 Å². The van der Waals surface area contributed by atoms with Crippen LogP contribution in [0, 0.1) is 0 Å². The molecule has 1 heterocycles. The number of carbonyl (C=O) groups is 2. The highest BCUT2D eigenvalue weighted by Crippen LogP contribution is 2.37. The number of hydrogen-bond acceptors (Lipinski definition) is 5. The van der Waals surface area contributed by atoms with E-state index in [-0.39, 0.29) is 4.88 Å². The van der Waals surface area contributed by atoms with Gasteiger partial charge in [0.05, 0.1) is 12.1 Å². The van der Waals surface area contributed by atoms with Crippen molar-refractivity contribution in [2.45, 2.75) is 0 Å². The van der Waals surface area contributed by atoms with Crippen LogP contribution in [0.25, 0.3) is 10.1 Å². The highest BCUT2D eigenvalue weighted by molar-refractivity contribution is 7.21. The molecule has 2 aromatic rings. The minimum absolute atomic E-state index is 0.242. The third-order valence-electron chi connectivity index (χ3n) is 2.37. The number of nitrogens with two attached hydrogens (primary N) is 1. The zero-order chi connectivity index (χ0) is 14.0. The van der Waals surface area contributed by atoms with Crippen molar-refractivity contribution in [3.63, 3.8) is 0 Å². The Morgan fingerprint density at radius 2 is 2.16 bits per heavy atom. The Bertz CT molecular complexity index is 652. The zero-order valence-corrected chi connectivity index (χ0v) is 11.5. The van der Waals surface area contributed by atoms with Crippen molar-refractivity contribution in [2.24, 2.45) is 5.73 Å². The molecule has 0 aliphatic rings. The van der Waals surface area contributed by atoms with E-state index in [1.54, 1.807) is 25.3 Å². The number of rotatable bonds is 4. The molecular weight excluding hydrogens is 290 g/mol. The summed E-state index contributed by atoms with van der Waals surface area (Å²) in [6, 6.07) is 5.29. The van der Waals surface area contributed by atoms with E-state index in [2.05, 4.69) is 0 Å². The number of fused-ring (bicyclic) bond motifs is 1. The summed E-state index contributed by atoms with van der Waals surface area (Å²) < 4.78 is 10.6. The maximum atomic E-state index is 11.8. The van der Waals surface area contributed by atoms with Crippen LogP contribution in [0.5, 0.6) is 5.75 Å². The highest BCUT2D eigenvalue weighted by Gasteiger charge is 2.19. The fraction of sp³-hybridized carbons (Fsp3) is 0.167. The van der Waals surface area contributed by atoms with Gasteiger partial charge in [-0.2, -0.15) is 0 Å². The van der Waals surface area contributed by atoms with Crippen LogP contribution >= 0.6 is 22.9 Å². The Hall–Kier alpha value is -1.79. The summed E-state index contributed by atoms with van der Waals surface area (Å²) in [5.74, 6) is -0.710. The van der Waals surface area contributed by atoms with Crippen LogP contribution in [0.1, 0.15) is 9.67 Å². The first-order valence-corrected chi connectivity index (χ1v) is 6.44. The summed E-state index contributed by atoms with van der Waals surface area (Å²) in [4.78, 5) is 22.6. The number of hydrogen-bond donors (Lipinski definition) is 1. The largest absolute Gasteiger partial charge is 0.497 e. The van der Waals surface area contributed by atoms with Gasteiger partial charge < -0.3 is 15.2 Å². The molecule has 7 heteroatoms. The molecule has 0 saturated carbocycles. The van der Waals surface area contributed by atoms with E-state index in [0.29, 0.717) is 10.8 Å². The molecule has 0 fully saturated rings. The van der Waals surface area contributed by atoms with Crippen molar-refractivity contribution >= 4 is 44.9 Å². The molecule has 5 nitrogen and oxygen atoms in total. The second-order valence-electron chi connectivity index (χ2n) is 3.65. The minimum Gasteiger partial charge on any atom is -0.497 e. The van der Waals surface area contributed by atoms with Crippen LogP contribution in [0.2, 0.25) is 5.02 Å². The van der Waals surface area contributed by atoms with Crippen molar-refractivity contribution in [3.05, 3.63) is 28.1 Å². The summed E-state index contributed by atoms with van der Waals surface area (Å²) in [6.45, 7) is -0.466. The molecule has 100 valence electrons. The topological polar surface area (TPSA) is 78.6 Å². The quantitative estimate of drug-likeness (QED) is 0.878. The molecule has 0 spiro atoms. The van der Waals surface area contributed by atoms with E-state index < -0.39 is 18.5 Å². The average molecular weight is 300 g/mol. The van der Waals surface area contributed by atoms with Gasteiger partial charge in [-0.25, -0.2) is 4.79 Å². The molecule has 0 bridgehead atoms. The van der Waals surface area contributed by atoms with Gasteiger partial charge >= 0.3 is 5.97 Å². The van der Waals surface area contributed by atoms with Crippen molar-refractivity contribution in [1.29, 1.82) is 0 Å². The van der Waals surface area contributed by atoms with E-state index in [1.165, 1.54) is 11.3 Å². The zero-order valence-electron chi connectivity index (χ0n) is 9.94. The summed E-state index contributed by atoms with van der Waals surface area (Å²) in [5.41, 5.74) is 4.91. The van der Waals surface area contributed by atoms with E-state index in [9.17, 15) is 9.59 Å². The number of ether oxygens (including phenoxy) is 2. The van der Waals surface area contributed by atoms with Crippen LogP contribution in [0.4, 0.5) is 0 Å². The number of halogens is 1. The fourth-order valence-corrected chi connectivity index (χ4v) is 2.94. The van der Waals surface area contributed by atoms with Gasteiger partial charge in [-0.3, -0.25) is 4.79 Å². The van der Waals surface area contributed by atoms with Gasteiger partial charge in [-0.1, -0.05) is 11.6 Å². The minimum atomic E-state index is -0.716. The lowest BCUT2D eigenvalue weighted by Gasteiger charge is -1.99. The second kappa shape index (κ2) is 5.46.